The maximum atomic E-state index is 13.0. The Hall–Kier alpha value is -4.11. The summed E-state index contributed by atoms with van der Waals surface area (Å²) in [5, 5.41) is 3.17. The number of aromatic nitrogens is 2. The van der Waals surface area contributed by atoms with Gasteiger partial charge in [0.05, 0.1) is 29.4 Å². The molecule has 0 aliphatic heterocycles. The van der Waals surface area contributed by atoms with E-state index in [0.29, 0.717) is 28.0 Å². The van der Waals surface area contributed by atoms with E-state index in [1.807, 2.05) is 24.3 Å². The molecule has 1 unspecified atom stereocenters. The second kappa shape index (κ2) is 9.87. The summed E-state index contributed by atoms with van der Waals surface area (Å²) in [6.07, 6.45) is 1.64. The molecule has 5 rings (SSSR count). The SMILES string of the molecule is CCOC(=O)c1c(NC(=O)C(C)OC(=O)c2cnc3ccccc3n2)sc2c1CCc1ccccc1-2. The van der Waals surface area contributed by atoms with Gasteiger partial charge >= 0.3 is 11.9 Å². The Balaban J connectivity index is 1.38. The summed E-state index contributed by atoms with van der Waals surface area (Å²) in [6, 6.07) is 15.2. The predicted octanol–water partition coefficient (Wildman–Crippen LogP) is 4.82. The summed E-state index contributed by atoms with van der Waals surface area (Å²) in [6.45, 7) is 3.42. The first-order valence-electron chi connectivity index (χ1n) is 11.6. The molecule has 0 saturated heterocycles. The first kappa shape index (κ1) is 23.6. The van der Waals surface area contributed by atoms with Gasteiger partial charge in [-0.15, -0.1) is 11.3 Å². The van der Waals surface area contributed by atoms with E-state index in [4.69, 9.17) is 9.47 Å². The van der Waals surface area contributed by atoms with Crippen molar-refractivity contribution in [2.24, 2.45) is 0 Å². The Morgan fingerprint density at radius 2 is 1.78 bits per heavy atom. The van der Waals surface area contributed by atoms with Crippen LogP contribution in [-0.4, -0.2) is 40.5 Å². The lowest BCUT2D eigenvalue weighted by atomic mass is 9.89. The number of anilines is 1. The van der Waals surface area contributed by atoms with Crippen LogP contribution in [0.4, 0.5) is 5.00 Å². The van der Waals surface area contributed by atoms with Gasteiger partial charge in [-0.1, -0.05) is 36.4 Å². The molecule has 0 radical (unpaired) electrons. The minimum absolute atomic E-state index is 0.00348. The van der Waals surface area contributed by atoms with Crippen LogP contribution in [-0.2, 0) is 27.1 Å². The lowest BCUT2D eigenvalue weighted by Crippen LogP contribution is -2.30. The van der Waals surface area contributed by atoms with E-state index in [1.54, 1.807) is 25.1 Å². The lowest BCUT2D eigenvalue weighted by molar-refractivity contribution is -0.123. The zero-order chi connectivity index (χ0) is 25.2. The molecule has 2 aromatic heterocycles. The van der Waals surface area contributed by atoms with Crippen LogP contribution >= 0.6 is 11.3 Å². The summed E-state index contributed by atoms with van der Waals surface area (Å²) in [4.78, 5) is 47.9. The number of hydrogen-bond donors (Lipinski definition) is 1. The van der Waals surface area contributed by atoms with Crippen LogP contribution in [0, 0.1) is 0 Å². The maximum absolute atomic E-state index is 13.0. The van der Waals surface area contributed by atoms with Crippen molar-refractivity contribution in [3.8, 4) is 10.4 Å². The van der Waals surface area contributed by atoms with Gasteiger partial charge in [0.2, 0.25) is 0 Å². The quantitative estimate of drug-likeness (QED) is 0.378. The van der Waals surface area contributed by atoms with Crippen molar-refractivity contribution >= 4 is 45.2 Å². The second-order valence-electron chi connectivity index (χ2n) is 8.27. The van der Waals surface area contributed by atoms with Crippen LogP contribution in [0.2, 0.25) is 0 Å². The van der Waals surface area contributed by atoms with Crippen molar-refractivity contribution in [3.05, 3.63) is 77.1 Å². The van der Waals surface area contributed by atoms with Crippen LogP contribution in [0.15, 0.2) is 54.7 Å². The van der Waals surface area contributed by atoms with E-state index < -0.39 is 23.9 Å². The Labute approximate surface area is 211 Å². The van der Waals surface area contributed by atoms with Crippen molar-refractivity contribution in [1.82, 2.24) is 9.97 Å². The molecule has 0 bridgehead atoms. The number of fused-ring (bicyclic) bond motifs is 4. The first-order valence-corrected chi connectivity index (χ1v) is 12.4. The minimum Gasteiger partial charge on any atom is -0.462 e. The fourth-order valence-electron chi connectivity index (χ4n) is 4.19. The molecule has 2 heterocycles. The van der Waals surface area contributed by atoms with Crippen molar-refractivity contribution in [3.63, 3.8) is 0 Å². The molecular weight excluding hydrogens is 478 g/mol. The predicted molar refractivity (Wildman–Crippen MR) is 136 cm³/mol. The number of rotatable bonds is 6. The van der Waals surface area contributed by atoms with Gasteiger partial charge in [0, 0.05) is 4.88 Å². The standard InChI is InChI=1S/C27H23N3O5S/c1-3-34-27(33)22-18-13-12-16-8-4-5-9-17(16)23(18)36-25(22)30-24(31)15(2)35-26(32)21-14-28-19-10-6-7-11-20(19)29-21/h4-11,14-15H,3,12-13H2,1-2H3,(H,30,31). The number of para-hydroxylation sites is 2. The van der Waals surface area contributed by atoms with E-state index in [9.17, 15) is 14.4 Å². The smallest absolute Gasteiger partial charge is 0.359 e. The molecule has 36 heavy (non-hydrogen) atoms. The molecule has 1 amide bonds. The number of carbonyl (C=O) groups excluding carboxylic acids is 3. The molecule has 0 spiro atoms. The molecule has 1 aliphatic carbocycles. The molecule has 8 nitrogen and oxygen atoms in total. The number of ether oxygens (including phenoxy) is 2. The third-order valence-corrected chi connectivity index (χ3v) is 7.12. The minimum atomic E-state index is -1.13. The lowest BCUT2D eigenvalue weighted by Gasteiger charge is -2.16. The van der Waals surface area contributed by atoms with Gasteiger partial charge < -0.3 is 14.8 Å². The van der Waals surface area contributed by atoms with Gasteiger partial charge in [-0.05, 0) is 55.5 Å². The third-order valence-electron chi connectivity index (χ3n) is 5.94. The first-order chi connectivity index (χ1) is 17.5. The third kappa shape index (κ3) is 4.45. The van der Waals surface area contributed by atoms with E-state index in [-0.39, 0.29) is 12.3 Å². The second-order valence-corrected chi connectivity index (χ2v) is 9.29. The number of nitrogens with zero attached hydrogens (tertiary/aromatic N) is 2. The van der Waals surface area contributed by atoms with Crippen molar-refractivity contribution in [1.29, 1.82) is 0 Å². The summed E-state index contributed by atoms with van der Waals surface area (Å²) in [7, 11) is 0. The average Bonchev–Trinajstić information content (AvgIpc) is 3.26. The molecule has 4 aromatic rings. The molecule has 1 aliphatic rings. The molecular formula is C27H23N3O5S. The number of carbonyl (C=O) groups is 3. The molecule has 2 aromatic carbocycles. The summed E-state index contributed by atoms with van der Waals surface area (Å²) in [5.74, 6) is -1.81. The van der Waals surface area contributed by atoms with Crippen LogP contribution in [0.1, 0.15) is 45.8 Å². The highest BCUT2D eigenvalue weighted by Gasteiger charge is 2.31. The van der Waals surface area contributed by atoms with Crippen LogP contribution in [0.3, 0.4) is 0 Å². The van der Waals surface area contributed by atoms with Crippen LogP contribution < -0.4 is 5.32 Å². The summed E-state index contributed by atoms with van der Waals surface area (Å²) < 4.78 is 10.7. The number of benzene rings is 2. The van der Waals surface area contributed by atoms with Gasteiger partial charge in [-0.25, -0.2) is 14.6 Å². The van der Waals surface area contributed by atoms with Gasteiger partial charge in [0.25, 0.3) is 5.91 Å². The number of hydrogen-bond acceptors (Lipinski definition) is 8. The van der Waals surface area contributed by atoms with E-state index >= 15 is 0 Å². The van der Waals surface area contributed by atoms with Gasteiger partial charge in [0.15, 0.2) is 11.8 Å². The Kier molecular flexibility index (Phi) is 6.47. The number of aryl methyl sites for hydroxylation is 1. The molecule has 9 heteroatoms. The number of esters is 2. The Bertz CT molecular complexity index is 1500. The monoisotopic (exact) mass is 501 g/mol. The van der Waals surface area contributed by atoms with E-state index in [1.165, 1.54) is 30.0 Å². The number of amides is 1. The number of nitrogens with one attached hydrogen (secondary N) is 1. The largest absolute Gasteiger partial charge is 0.462 e. The summed E-state index contributed by atoms with van der Waals surface area (Å²) >= 11 is 1.33. The maximum Gasteiger partial charge on any atom is 0.359 e. The normalized spacial score (nSPS) is 12.8. The average molecular weight is 502 g/mol. The Morgan fingerprint density at radius 1 is 1.03 bits per heavy atom. The topological polar surface area (TPSA) is 107 Å². The zero-order valence-corrected chi connectivity index (χ0v) is 20.6. The van der Waals surface area contributed by atoms with Gasteiger partial charge in [-0.3, -0.25) is 9.78 Å². The fraction of sp³-hybridized carbons (Fsp3) is 0.222. The highest BCUT2D eigenvalue weighted by atomic mass is 32.1. The molecule has 0 fully saturated rings. The highest BCUT2D eigenvalue weighted by Crippen LogP contribution is 2.45. The van der Waals surface area contributed by atoms with Gasteiger partial charge in [-0.2, -0.15) is 0 Å². The van der Waals surface area contributed by atoms with Crippen molar-refractivity contribution in [2.45, 2.75) is 32.8 Å². The van der Waals surface area contributed by atoms with Crippen LogP contribution in [0.5, 0.6) is 0 Å². The Morgan fingerprint density at radius 3 is 2.58 bits per heavy atom. The molecule has 1 atom stereocenters. The fourth-order valence-corrected chi connectivity index (χ4v) is 5.49. The van der Waals surface area contributed by atoms with E-state index in [0.717, 1.165) is 22.4 Å². The zero-order valence-electron chi connectivity index (χ0n) is 19.7. The van der Waals surface area contributed by atoms with E-state index in [2.05, 4.69) is 21.4 Å². The van der Waals surface area contributed by atoms with Crippen molar-refractivity contribution in [2.75, 3.05) is 11.9 Å². The van der Waals surface area contributed by atoms with Gasteiger partial charge in [0.1, 0.15) is 5.00 Å². The molecule has 1 N–H and O–H groups in total. The highest BCUT2D eigenvalue weighted by molar-refractivity contribution is 7.20. The summed E-state index contributed by atoms with van der Waals surface area (Å²) in [5.41, 5.74) is 4.66. The number of thiophene rings is 1. The van der Waals surface area contributed by atoms with Crippen LogP contribution in [0.25, 0.3) is 21.5 Å². The molecule has 0 saturated carbocycles. The molecule has 182 valence electrons. The van der Waals surface area contributed by atoms with Crippen molar-refractivity contribution < 1.29 is 23.9 Å².